The third-order valence-corrected chi connectivity index (χ3v) is 2.52. The van der Waals surface area contributed by atoms with Crippen molar-refractivity contribution < 1.29 is 4.74 Å². The zero-order valence-electron chi connectivity index (χ0n) is 8.23. The first-order valence-electron chi connectivity index (χ1n) is 4.88. The summed E-state index contributed by atoms with van der Waals surface area (Å²) in [5.74, 6) is 0. The van der Waals surface area contributed by atoms with Gasteiger partial charge in [0.1, 0.15) is 0 Å². The molecule has 0 amide bonds. The molecule has 1 aromatic carbocycles. The van der Waals surface area contributed by atoms with Gasteiger partial charge in [0.25, 0.3) is 0 Å². The molecule has 0 aliphatic carbocycles. The Hall–Kier alpha value is -1.12. The minimum Gasteiger partial charge on any atom is -0.364 e. The first kappa shape index (κ1) is 9.44. The molecule has 2 nitrogen and oxygen atoms in total. The van der Waals surface area contributed by atoms with E-state index in [1.165, 1.54) is 5.56 Å². The van der Waals surface area contributed by atoms with Crippen LogP contribution in [0.25, 0.3) is 0 Å². The molecule has 0 aromatic heterocycles. The summed E-state index contributed by atoms with van der Waals surface area (Å²) in [5.41, 5.74) is 1.32. The van der Waals surface area contributed by atoms with Gasteiger partial charge in [0.15, 0.2) is 0 Å². The predicted molar refractivity (Wildman–Crippen MR) is 56.8 cm³/mol. The quantitative estimate of drug-likeness (QED) is 0.675. The number of hydrogen-bond donors (Lipinski definition) is 0. The van der Waals surface area contributed by atoms with Gasteiger partial charge in [0.2, 0.25) is 0 Å². The number of hydrogen-bond acceptors (Lipinski definition) is 2. The van der Waals surface area contributed by atoms with Crippen LogP contribution >= 0.6 is 0 Å². The fraction of sp³-hybridized carbons (Fsp3) is 0.333. The van der Waals surface area contributed by atoms with E-state index >= 15 is 0 Å². The Morgan fingerprint density at radius 2 is 2.21 bits per heavy atom. The van der Waals surface area contributed by atoms with E-state index in [1.54, 1.807) is 0 Å². The van der Waals surface area contributed by atoms with Crippen LogP contribution in [0.5, 0.6) is 0 Å². The van der Waals surface area contributed by atoms with Gasteiger partial charge in [-0.2, -0.15) is 0 Å². The third kappa shape index (κ3) is 2.03. The van der Waals surface area contributed by atoms with Crippen molar-refractivity contribution in [2.75, 3.05) is 13.3 Å². The SMILES string of the molecule is C=CC1COCN1Cc1ccccc1. The number of nitrogens with zero attached hydrogens (tertiary/aromatic N) is 1. The number of benzene rings is 1. The van der Waals surface area contributed by atoms with Crippen molar-refractivity contribution in [3.63, 3.8) is 0 Å². The average molecular weight is 189 g/mol. The van der Waals surface area contributed by atoms with Crippen molar-refractivity contribution in [1.29, 1.82) is 0 Å². The van der Waals surface area contributed by atoms with Crippen LogP contribution in [0, 0.1) is 0 Å². The fourth-order valence-electron chi connectivity index (χ4n) is 1.69. The normalized spacial score (nSPS) is 22.4. The topological polar surface area (TPSA) is 12.5 Å². The van der Waals surface area contributed by atoms with Gasteiger partial charge in [-0.25, -0.2) is 0 Å². The van der Waals surface area contributed by atoms with Crippen LogP contribution in [0.4, 0.5) is 0 Å². The highest BCUT2D eigenvalue weighted by molar-refractivity contribution is 5.15. The van der Waals surface area contributed by atoms with Crippen LogP contribution in [0.1, 0.15) is 5.56 Å². The molecule has 1 saturated heterocycles. The maximum atomic E-state index is 5.39. The molecule has 0 saturated carbocycles. The van der Waals surface area contributed by atoms with Gasteiger partial charge >= 0.3 is 0 Å². The van der Waals surface area contributed by atoms with Crippen molar-refractivity contribution in [2.45, 2.75) is 12.6 Å². The summed E-state index contributed by atoms with van der Waals surface area (Å²) in [6.45, 7) is 6.24. The summed E-state index contributed by atoms with van der Waals surface area (Å²) >= 11 is 0. The van der Waals surface area contributed by atoms with Crippen LogP contribution < -0.4 is 0 Å². The average Bonchev–Trinajstić information content (AvgIpc) is 2.67. The Morgan fingerprint density at radius 3 is 2.93 bits per heavy atom. The van der Waals surface area contributed by atoms with Gasteiger partial charge in [0, 0.05) is 6.54 Å². The summed E-state index contributed by atoms with van der Waals surface area (Å²) in [7, 11) is 0. The third-order valence-electron chi connectivity index (χ3n) is 2.52. The molecule has 1 unspecified atom stereocenters. The summed E-state index contributed by atoms with van der Waals surface area (Å²) < 4.78 is 5.39. The Labute approximate surface area is 84.8 Å². The highest BCUT2D eigenvalue weighted by Crippen LogP contribution is 2.14. The maximum absolute atomic E-state index is 5.39. The summed E-state index contributed by atoms with van der Waals surface area (Å²) in [6.07, 6.45) is 1.95. The lowest BCUT2D eigenvalue weighted by atomic mass is 10.2. The zero-order valence-corrected chi connectivity index (χ0v) is 8.23. The van der Waals surface area contributed by atoms with Crippen LogP contribution in [-0.4, -0.2) is 24.3 Å². The molecule has 1 aliphatic rings. The second-order valence-electron chi connectivity index (χ2n) is 3.54. The lowest BCUT2D eigenvalue weighted by molar-refractivity contribution is 0.135. The van der Waals surface area contributed by atoms with Crippen molar-refractivity contribution in [2.24, 2.45) is 0 Å². The maximum Gasteiger partial charge on any atom is 0.0999 e. The second kappa shape index (κ2) is 4.40. The Balaban J connectivity index is 2.00. The summed E-state index contributed by atoms with van der Waals surface area (Å²) in [5, 5.41) is 0. The Kier molecular flexibility index (Phi) is 2.96. The molecule has 2 heteroatoms. The first-order valence-corrected chi connectivity index (χ1v) is 4.88. The minimum absolute atomic E-state index is 0.371. The van der Waals surface area contributed by atoms with E-state index in [1.807, 2.05) is 12.1 Å². The lowest BCUT2D eigenvalue weighted by Gasteiger charge is -2.18. The van der Waals surface area contributed by atoms with Gasteiger partial charge in [-0.15, -0.1) is 6.58 Å². The Bertz CT molecular complexity index is 296. The molecule has 1 aliphatic heterocycles. The van der Waals surface area contributed by atoms with Gasteiger partial charge in [-0.1, -0.05) is 36.4 Å². The molecular weight excluding hydrogens is 174 g/mol. The van der Waals surface area contributed by atoms with Crippen molar-refractivity contribution >= 4 is 0 Å². The van der Waals surface area contributed by atoms with E-state index in [0.717, 1.165) is 13.2 Å². The van der Waals surface area contributed by atoms with Gasteiger partial charge in [-0.05, 0) is 5.56 Å². The smallest absolute Gasteiger partial charge is 0.0999 e. The highest BCUT2D eigenvalue weighted by atomic mass is 16.5. The molecule has 74 valence electrons. The van der Waals surface area contributed by atoms with Crippen LogP contribution in [0.2, 0.25) is 0 Å². The van der Waals surface area contributed by atoms with E-state index in [0.29, 0.717) is 12.8 Å². The largest absolute Gasteiger partial charge is 0.364 e. The van der Waals surface area contributed by atoms with Gasteiger partial charge in [0.05, 0.1) is 19.4 Å². The molecule has 14 heavy (non-hydrogen) atoms. The molecule has 0 radical (unpaired) electrons. The first-order chi connectivity index (χ1) is 6.90. The van der Waals surface area contributed by atoms with E-state index < -0.39 is 0 Å². The second-order valence-corrected chi connectivity index (χ2v) is 3.54. The van der Waals surface area contributed by atoms with Gasteiger partial charge < -0.3 is 4.74 Å². The minimum atomic E-state index is 0.371. The van der Waals surface area contributed by atoms with E-state index in [2.05, 4.69) is 35.7 Å². The highest BCUT2D eigenvalue weighted by Gasteiger charge is 2.21. The standard InChI is InChI=1S/C12H15NO/c1-2-12-9-14-10-13(12)8-11-6-4-3-5-7-11/h2-7,12H,1,8-10H2. The zero-order chi connectivity index (χ0) is 9.80. The summed E-state index contributed by atoms with van der Waals surface area (Å²) in [6, 6.07) is 10.8. The van der Waals surface area contributed by atoms with E-state index in [4.69, 9.17) is 4.74 Å². The van der Waals surface area contributed by atoms with Crippen LogP contribution in [0.3, 0.4) is 0 Å². The molecule has 1 heterocycles. The molecule has 0 bridgehead atoms. The fourth-order valence-corrected chi connectivity index (χ4v) is 1.69. The van der Waals surface area contributed by atoms with E-state index in [-0.39, 0.29) is 0 Å². The lowest BCUT2D eigenvalue weighted by Crippen LogP contribution is -2.28. The van der Waals surface area contributed by atoms with Gasteiger partial charge in [-0.3, -0.25) is 4.90 Å². The molecule has 0 N–H and O–H groups in total. The molecule has 0 spiro atoms. The van der Waals surface area contributed by atoms with Crippen LogP contribution in [-0.2, 0) is 11.3 Å². The molecule has 1 atom stereocenters. The van der Waals surface area contributed by atoms with Crippen molar-refractivity contribution in [1.82, 2.24) is 4.90 Å². The molecule has 1 fully saturated rings. The predicted octanol–water partition coefficient (Wildman–Crippen LogP) is 2.03. The van der Waals surface area contributed by atoms with E-state index in [9.17, 15) is 0 Å². The number of rotatable bonds is 3. The number of ether oxygens (including phenoxy) is 1. The monoisotopic (exact) mass is 189 g/mol. The molecule has 1 aromatic rings. The Morgan fingerprint density at radius 1 is 1.43 bits per heavy atom. The molecular formula is C12H15NO. The van der Waals surface area contributed by atoms with Crippen molar-refractivity contribution in [3.8, 4) is 0 Å². The van der Waals surface area contributed by atoms with Crippen LogP contribution in [0.15, 0.2) is 43.0 Å². The summed E-state index contributed by atoms with van der Waals surface area (Å²) in [4.78, 5) is 2.28. The molecule has 2 rings (SSSR count). The van der Waals surface area contributed by atoms with Crippen molar-refractivity contribution in [3.05, 3.63) is 48.6 Å².